The summed E-state index contributed by atoms with van der Waals surface area (Å²) in [5.41, 5.74) is 28.6. The molecule has 1 aromatic rings. The van der Waals surface area contributed by atoms with Gasteiger partial charge in [-0.15, -0.1) is 0 Å². The summed E-state index contributed by atoms with van der Waals surface area (Å²) in [6.45, 7) is 3.89. The molecular weight excluding hydrogens is 823 g/mol. The lowest BCUT2D eigenvalue weighted by molar-refractivity contribution is -0.143. The van der Waals surface area contributed by atoms with Crippen molar-refractivity contribution in [2.75, 3.05) is 19.6 Å². The van der Waals surface area contributed by atoms with Gasteiger partial charge in [-0.25, -0.2) is 4.79 Å². The van der Waals surface area contributed by atoms with E-state index >= 15 is 0 Å². The van der Waals surface area contributed by atoms with E-state index in [-0.39, 0.29) is 57.5 Å². The second-order valence-electron chi connectivity index (χ2n) is 14.7. The molecule has 8 atom stereocenters. The number of rotatable bonds is 27. The van der Waals surface area contributed by atoms with Gasteiger partial charge in [0, 0.05) is 11.3 Å². The van der Waals surface area contributed by atoms with Gasteiger partial charge >= 0.3 is 5.97 Å². The highest BCUT2D eigenvalue weighted by atomic mass is 32.1. The predicted molar refractivity (Wildman–Crippen MR) is 224 cm³/mol. The number of phenolic OH excluding ortho intramolecular Hbond substituents is 1. The number of benzene rings is 1. The number of carbonyl (C=O) groups is 8. The highest BCUT2D eigenvalue weighted by Gasteiger charge is 2.38. The highest BCUT2D eigenvalue weighted by molar-refractivity contribution is 7.81. The average Bonchev–Trinajstić information content (AvgIpc) is 3.15. The number of carboxylic acid groups (broad SMARTS) is 1. The van der Waals surface area contributed by atoms with Crippen molar-refractivity contribution >= 4 is 65.9 Å². The molecular formula is C36H61N13O11S. The van der Waals surface area contributed by atoms with Crippen molar-refractivity contribution < 1.29 is 53.7 Å². The summed E-state index contributed by atoms with van der Waals surface area (Å²) in [6, 6.07) is -4.51. The maximum Gasteiger partial charge on any atom is 0.326 e. The van der Waals surface area contributed by atoms with Gasteiger partial charge in [0.1, 0.15) is 42.0 Å². The summed E-state index contributed by atoms with van der Waals surface area (Å²) < 4.78 is -1.29. The first kappa shape index (κ1) is 53.3. The van der Waals surface area contributed by atoms with Crippen LogP contribution in [-0.2, 0) is 44.8 Å². The van der Waals surface area contributed by atoms with Crippen LogP contribution in [0.3, 0.4) is 0 Å². The van der Waals surface area contributed by atoms with Gasteiger partial charge in [-0.2, -0.15) is 12.6 Å². The third kappa shape index (κ3) is 19.4. The van der Waals surface area contributed by atoms with Crippen molar-refractivity contribution in [1.29, 1.82) is 5.41 Å². The van der Waals surface area contributed by atoms with Crippen LogP contribution < -0.4 is 65.9 Å². The lowest BCUT2D eigenvalue weighted by atomic mass is 9.99. The second kappa shape index (κ2) is 25.8. The number of phenols is 1. The van der Waals surface area contributed by atoms with E-state index in [1.165, 1.54) is 26.0 Å². The van der Waals surface area contributed by atoms with Crippen LogP contribution >= 0.6 is 12.6 Å². The maximum atomic E-state index is 13.8. The zero-order valence-corrected chi connectivity index (χ0v) is 35.1. The van der Waals surface area contributed by atoms with E-state index in [2.05, 4.69) is 49.8 Å². The molecule has 0 aliphatic heterocycles. The molecule has 61 heavy (non-hydrogen) atoms. The summed E-state index contributed by atoms with van der Waals surface area (Å²) in [6.07, 6.45) is -2.78. The van der Waals surface area contributed by atoms with Gasteiger partial charge in [0.05, 0.1) is 18.6 Å². The molecule has 0 fully saturated rings. The van der Waals surface area contributed by atoms with Crippen molar-refractivity contribution in [3.05, 3.63) is 29.8 Å². The second-order valence-corrected chi connectivity index (χ2v) is 15.8. The number of primary amides is 1. The van der Waals surface area contributed by atoms with Crippen LogP contribution in [0.1, 0.15) is 58.4 Å². The Labute approximate surface area is 357 Å². The van der Waals surface area contributed by atoms with Gasteiger partial charge in [-0.1, -0.05) is 12.1 Å². The van der Waals surface area contributed by atoms with Gasteiger partial charge in [0.25, 0.3) is 0 Å². The standard InChI is InChI=1S/C36H61N13O11S/c1-17(50)26(32(57)46-23(11-13-38)34(59)60)48-30(55)22(10-12-37)45-29(54)21(5-4-14-43-35(41)42)44-31(56)24(16-25(40)52)47-33(58)27(36(2,3)61)49-28(53)20(39)15-18-6-8-19(51)9-7-18/h6-9,17,20-24,26-27,50-51,61H,4-5,10-16,37-39H2,1-3H3,(H2,40,52)(H,44,56)(H,45,54)(H,46,57)(H,47,58)(H,48,55)(H,49,53)(H,59,60)(H4,41,42,43)/t17-,20+,21+,22+,23-,24+,26+,27-/m1/s1. The number of hydrogen-bond donors (Lipinski definition) is 17. The number of guanidine groups is 1. The Morgan fingerprint density at radius 1 is 0.738 bits per heavy atom. The highest BCUT2D eigenvalue weighted by Crippen LogP contribution is 2.19. The number of aliphatic hydroxyl groups excluding tert-OH is 1. The molecule has 0 aliphatic rings. The summed E-state index contributed by atoms with van der Waals surface area (Å²) in [5.74, 6) is -8.73. The molecule has 0 spiro atoms. The number of thiol groups is 1. The van der Waals surface area contributed by atoms with Crippen LogP contribution in [-0.4, -0.2) is 141 Å². The molecule has 25 heteroatoms. The number of nitrogens with one attached hydrogen (secondary N) is 8. The van der Waals surface area contributed by atoms with E-state index in [1.54, 1.807) is 12.1 Å². The monoisotopic (exact) mass is 883 g/mol. The number of aliphatic hydroxyl groups is 1. The van der Waals surface area contributed by atoms with Crippen molar-refractivity contribution in [1.82, 2.24) is 37.2 Å². The lowest BCUT2D eigenvalue weighted by Crippen LogP contribution is -2.63. The van der Waals surface area contributed by atoms with Gasteiger partial charge in [-0.3, -0.25) is 39.0 Å². The molecule has 0 saturated heterocycles. The SMILES string of the molecule is C[C@@H](O)[C@H](NC(=O)[C@H](CCN)NC(=O)[C@H](CCCNC(=N)N)NC(=O)[C@H](CC(N)=O)NC(=O)[C@@H](NC(=O)[C@@H](N)Cc1ccc(O)cc1)C(C)(C)S)C(=O)N[C@H](CCN)C(=O)O. The topological polar surface area (TPSA) is 435 Å². The summed E-state index contributed by atoms with van der Waals surface area (Å²) in [7, 11) is 0. The Morgan fingerprint density at radius 2 is 1.23 bits per heavy atom. The number of hydrogen-bond acceptors (Lipinski definition) is 15. The molecule has 7 amide bonds. The Morgan fingerprint density at radius 3 is 1.72 bits per heavy atom. The molecule has 21 N–H and O–H groups in total. The molecule has 0 heterocycles. The van der Waals surface area contributed by atoms with Gasteiger partial charge in [0.15, 0.2) is 5.96 Å². The number of aromatic hydroxyl groups is 1. The zero-order valence-electron chi connectivity index (χ0n) is 34.2. The quantitative estimate of drug-likeness (QED) is 0.0169. The molecule has 1 rings (SSSR count). The van der Waals surface area contributed by atoms with Crippen LogP contribution in [0.15, 0.2) is 24.3 Å². The number of carbonyl (C=O) groups excluding carboxylic acids is 7. The molecule has 0 unspecified atom stereocenters. The third-order valence-electron chi connectivity index (χ3n) is 8.86. The minimum absolute atomic E-state index is 0.00375. The third-order valence-corrected chi connectivity index (χ3v) is 9.12. The Kier molecular flexibility index (Phi) is 22.5. The van der Waals surface area contributed by atoms with Gasteiger partial charge in [-0.05, 0) is 83.7 Å². The van der Waals surface area contributed by atoms with E-state index in [4.69, 9.17) is 34.1 Å². The smallest absolute Gasteiger partial charge is 0.326 e. The van der Waals surface area contributed by atoms with E-state index in [0.717, 1.165) is 6.92 Å². The molecule has 0 aromatic heterocycles. The molecule has 24 nitrogen and oxygen atoms in total. The normalized spacial score (nSPS) is 15.1. The van der Waals surface area contributed by atoms with Gasteiger partial charge < -0.3 is 81.2 Å². The predicted octanol–water partition coefficient (Wildman–Crippen LogP) is -5.82. The summed E-state index contributed by atoms with van der Waals surface area (Å²) in [5, 5.41) is 53.4. The number of nitrogens with two attached hydrogens (primary N) is 5. The number of amides is 7. The molecule has 0 saturated carbocycles. The van der Waals surface area contributed by atoms with E-state index in [0.29, 0.717) is 5.56 Å². The first-order valence-electron chi connectivity index (χ1n) is 19.2. The fourth-order valence-corrected chi connectivity index (χ4v) is 5.76. The number of aliphatic carboxylic acids is 1. The van der Waals surface area contributed by atoms with Crippen LogP contribution in [0.4, 0.5) is 0 Å². The fourth-order valence-electron chi connectivity index (χ4n) is 5.58. The van der Waals surface area contributed by atoms with Crippen molar-refractivity contribution in [2.24, 2.45) is 28.7 Å². The largest absolute Gasteiger partial charge is 0.508 e. The summed E-state index contributed by atoms with van der Waals surface area (Å²) >= 11 is 4.45. The molecule has 0 aliphatic carbocycles. The van der Waals surface area contributed by atoms with E-state index < -0.39 is 113 Å². The maximum absolute atomic E-state index is 13.8. The van der Waals surface area contributed by atoms with Crippen molar-refractivity contribution in [2.45, 2.75) is 112 Å². The molecule has 0 radical (unpaired) electrons. The van der Waals surface area contributed by atoms with E-state index in [1.807, 2.05) is 0 Å². The first-order valence-corrected chi connectivity index (χ1v) is 19.6. The van der Waals surface area contributed by atoms with Crippen LogP contribution in [0.25, 0.3) is 0 Å². The lowest BCUT2D eigenvalue weighted by Gasteiger charge is -2.32. The zero-order chi connectivity index (χ0) is 46.6. The minimum atomic E-state index is -1.72. The fraction of sp³-hybridized carbons (Fsp3) is 0.583. The average molecular weight is 884 g/mol. The Balaban J connectivity index is 3.34. The van der Waals surface area contributed by atoms with E-state index in [9.17, 15) is 53.7 Å². The molecule has 342 valence electrons. The molecule has 1 aromatic carbocycles. The molecule has 0 bridgehead atoms. The van der Waals surface area contributed by atoms with Crippen molar-refractivity contribution in [3.8, 4) is 5.75 Å². The summed E-state index contributed by atoms with van der Waals surface area (Å²) in [4.78, 5) is 104. The van der Waals surface area contributed by atoms with Crippen LogP contribution in [0.5, 0.6) is 5.75 Å². The number of carboxylic acids is 1. The van der Waals surface area contributed by atoms with Crippen LogP contribution in [0.2, 0.25) is 0 Å². The minimum Gasteiger partial charge on any atom is -0.508 e. The van der Waals surface area contributed by atoms with Crippen molar-refractivity contribution in [3.63, 3.8) is 0 Å². The van der Waals surface area contributed by atoms with Gasteiger partial charge in [0.2, 0.25) is 41.4 Å². The Bertz CT molecular complexity index is 1700. The van der Waals surface area contributed by atoms with Crippen LogP contribution in [0, 0.1) is 5.41 Å². The Hall–Kier alpha value is -5.76. The first-order chi connectivity index (χ1) is 28.4.